The summed E-state index contributed by atoms with van der Waals surface area (Å²) in [7, 11) is 0. The van der Waals surface area contributed by atoms with Crippen LogP contribution in [0.1, 0.15) is 16.7 Å². The molecule has 1 atom stereocenters. The zero-order valence-corrected chi connectivity index (χ0v) is 8.56. The van der Waals surface area contributed by atoms with Gasteiger partial charge in [-0.3, -0.25) is 0 Å². The molecule has 0 aliphatic carbocycles. The van der Waals surface area contributed by atoms with Crippen molar-refractivity contribution in [2.45, 2.75) is 26.6 Å². The number of aromatic hydroxyl groups is 1. The highest BCUT2D eigenvalue weighted by atomic mass is 17.3. The SMILES string of the molecule is Cc1cc(CC(O)O[O+]=O)cc(C)c1O. The number of hydrogen-bond acceptors (Lipinski definition) is 4. The number of aliphatic hydroxyl groups is 1. The Bertz CT molecular complexity index is 338. The number of rotatable bonds is 4. The molecular weight excluding hydrogens is 200 g/mol. The summed E-state index contributed by atoms with van der Waals surface area (Å²) in [6.07, 6.45) is -1.17. The number of phenolic OH excluding ortho intramolecular Hbond substituents is 1. The minimum atomic E-state index is -1.30. The molecule has 0 amide bonds. The van der Waals surface area contributed by atoms with Gasteiger partial charge in [0.05, 0.1) is 0 Å². The van der Waals surface area contributed by atoms with E-state index in [1.54, 1.807) is 26.0 Å². The fourth-order valence-corrected chi connectivity index (χ4v) is 1.44. The van der Waals surface area contributed by atoms with Crippen molar-refractivity contribution in [1.82, 2.24) is 0 Å². The summed E-state index contributed by atoms with van der Waals surface area (Å²) >= 11 is 0. The van der Waals surface area contributed by atoms with Gasteiger partial charge in [0, 0.05) is 6.42 Å². The van der Waals surface area contributed by atoms with Gasteiger partial charge in [0.15, 0.2) is 0 Å². The summed E-state index contributed by atoms with van der Waals surface area (Å²) in [5, 5.41) is 18.6. The van der Waals surface area contributed by atoms with E-state index in [1.807, 2.05) is 0 Å². The lowest BCUT2D eigenvalue weighted by Crippen LogP contribution is -2.12. The highest BCUT2D eigenvalue weighted by Crippen LogP contribution is 2.23. The Kier molecular flexibility index (Phi) is 3.62. The van der Waals surface area contributed by atoms with Gasteiger partial charge in [-0.25, -0.2) is 0 Å². The molecule has 1 aromatic rings. The minimum absolute atomic E-state index is 0.129. The van der Waals surface area contributed by atoms with E-state index in [2.05, 4.69) is 9.63 Å². The van der Waals surface area contributed by atoms with Crippen LogP contribution >= 0.6 is 0 Å². The summed E-state index contributed by atoms with van der Waals surface area (Å²) in [5.74, 6) is 0.231. The van der Waals surface area contributed by atoms with Gasteiger partial charge in [-0.2, -0.15) is 0 Å². The van der Waals surface area contributed by atoms with Crippen LogP contribution in [0.2, 0.25) is 0 Å². The van der Waals surface area contributed by atoms with Crippen molar-refractivity contribution in [2.24, 2.45) is 0 Å². The Morgan fingerprint density at radius 3 is 2.40 bits per heavy atom. The molecule has 0 saturated carbocycles. The third-order valence-electron chi connectivity index (χ3n) is 2.11. The van der Waals surface area contributed by atoms with E-state index < -0.39 is 6.29 Å². The third kappa shape index (κ3) is 2.92. The first-order chi connectivity index (χ1) is 7.04. The first kappa shape index (κ1) is 11.5. The average molecular weight is 213 g/mol. The van der Waals surface area contributed by atoms with Gasteiger partial charge in [-0.1, -0.05) is 12.1 Å². The van der Waals surface area contributed by atoms with Gasteiger partial charge < -0.3 is 10.2 Å². The molecule has 1 unspecified atom stereocenters. The van der Waals surface area contributed by atoms with Crippen LogP contribution in [-0.2, 0) is 11.3 Å². The van der Waals surface area contributed by atoms with E-state index in [-0.39, 0.29) is 12.2 Å². The first-order valence-electron chi connectivity index (χ1n) is 4.47. The number of phenols is 1. The highest BCUT2D eigenvalue weighted by molar-refractivity contribution is 5.42. The van der Waals surface area contributed by atoms with Gasteiger partial charge >= 0.3 is 11.0 Å². The fraction of sp³-hybridized carbons (Fsp3) is 0.400. The molecule has 0 bridgehead atoms. The molecule has 0 heterocycles. The Morgan fingerprint density at radius 2 is 1.93 bits per heavy atom. The van der Waals surface area contributed by atoms with Gasteiger partial charge in [0.2, 0.25) is 0 Å². The lowest BCUT2D eigenvalue weighted by atomic mass is 10.0. The van der Waals surface area contributed by atoms with Crippen LogP contribution in [0.15, 0.2) is 12.1 Å². The molecule has 15 heavy (non-hydrogen) atoms. The molecule has 0 aliphatic rings. The lowest BCUT2D eigenvalue weighted by Gasteiger charge is -2.07. The first-order valence-corrected chi connectivity index (χ1v) is 4.47. The molecule has 5 nitrogen and oxygen atoms in total. The highest BCUT2D eigenvalue weighted by Gasteiger charge is 2.15. The maximum atomic E-state index is 9.60. The summed E-state index contributed by atoms with van der Waals surface area (Å²) in [5.41, 5.74) is 2.17. The molecule has 0 aliphatic heterocycles. The van der Waals surface area contributed by atoms with Crippen LogP contribution < -0.4 is 0 Å². The summed E-state index contributed by atoms with van der Waals surface area (Å²) in [4.78, 5) is 13.6. The second-order valence-corrected chi connectivity index (χ2v) is 3.40. The van der Waals surface area contributed by atoms with E-state index in [4.69, 9.17) is 5.11 Å². The predicted octanol–water partition coefficient (Wildman–Crippen LogP) is 1.42. The zero-order valence-electron chi connectivity index (χ0n) is 8.56. The fourth-order valence-electron chi connectivity index (χ4n) is 1.44. The van der Waals surface area contributed by atoms with E-state index in [0.29, 0.717) is 11.1 Å². The smallest absolute Gasteiger partial charge is 0.380 e. The molecule has 2 N–H and O–H groups in total. The van der Waals surface area contributed by atoms with Crippen molar-refractivity contribution in [2.75, 3.05) is 0 Å². The van der Waals surface area contributed by atoms with Crippen LogP contribution in [0.3, 0.4) is 0 Å². The molecule has 0 fully saturated rings. The van der Waals surface area contributed by atoms with Crippen LogP contribution in [0.25, 0.3) is 0 Å². The van der Waals surface area contributed by atoms with Crippen LogP contribution in [0.5, 0.6) is 5.75 Å². The van der Waals surface area contributed by atoms with E-state index in [1.165, 1.54) is 0 Å². The van der Waals surface area contributed by atoms with E-state index in [9.17, 15) is 10.1 Å². The molecule has 0 saturated heterocycles. The van der Waals surface area contributed by atoms with Crippen LogP contribution in [0, 0.1) is 23.6 Å². The van der Waals surface area contributed by atoms with E-state index >= 15 is 0 Å². The van der Waals surface area contributed by atoms with E-state index in [0.717, 1.165) is 5.56 Å². The van der Waals surface area contributed by atoms with Crippen molar-refractivity contribution < 1.29 is 15.1 Å². The van der Waals surface area contributed by atoms with Crippen LogP contribution in [-0.4, -0.2) is 16.5 Å². The van der Waals surface area contributed by atoms with Crippen molar-refractivity contribution in [1.29, 1.82) is 0 Å². The zero-order chi connectivity index (χ0) is 11.4. The quantitative estimate of drug-likeness (QED) is 0.343. The molecule has 82 valence electrons. The topological polar surface area (TPSA) is 78.1 Å². The Balaban J connectivity index is 2.82. The molecular formula is C10H13O5+. The number of aryl methyl sites for hydroxylation is 2. The summed E-state index contributed by atoms with van der Waals surface area (Å²) < 4.78 is 3.11. The minimum Gasteiger partial charge on any atom is -0.507 e. The normalized spacial score (nSPS) is 12.2. The second kappa shape index (κ2) is 4.75. The maximum Gasteiger partial charge on any atom is 0.380 e. The van der Waals surface area contributed by atoms with Crippen LogP contribution in [0.4, 0.5) is 0 Å². The molecule has 0 aromatic heterocycles. The van der Waals surface area contributed by atoms with Gasteiger partial charge in [-0.05, 0) is 35.4 Å². The third-order valence-corrected chi connectivity index (χ3v) is 2.11. The molecule has 5 heteroatoms. The molecule has 1 aromatic carbocycles. The van der Waals surface area contributed by atoms with Crippen molar-refractivity contribution in [3.05, 3.63) is 38.5 Å². The number of hydrogen-bond donors (Lipinski definition) is 2. The molecule has 0 spiro atoms. The lowest BCUT2D eigenvalue weighted by molar-refractivity contribution is -0.0537. The maximum absolute atomic E-state index is 9.60. The van der Waals surface area contributed by atoms with Crippen molar-refractivity contribution in [3.63, 3.8) is 0 Å². The number of benzene rings is 1. The Labute approximate surface area is 86.8 Å². The second-order valence-electron chi connectivity index (χ2n) is 3.40. The standard InChI is InChI=1S/C10H12O5/c1-6-3-8(4-7(2)10(6)12)5-9(11)14-15-13/h3-4,9,11H,5H2,1-2H3/p+1. The summed E-state index contributed by atoms with van der Waals surface area (Å²) in [6.45, 7) is 3.51. The average Bonchev–Trinajstić information content (AvgIpc) is 2.14. The number of aliphatic hydroxyl groups excluding tert-OH is 1. The summed E-state index contributed by atoms with van der Waals surface area (Å²) in [6, 6.07) is 3.42. The molecule has 0 radical (unpaired) electrons. The predicted molar refractivity (Wildman–Crippen MR) is 55.1 cm³/mol. The van der Waals surface area contributed by atoms with Gasteiger partial charge in [0.1, 0.15) is 5.75 Å². The van der Waals surface area contributed by atoms with Crippen molar-refractivity contribution >= 4 is 0 Å². The van der Waals surface area contributed by atoms with Gasteiger partial charge in [0.25, 0.3) is 4.96 Å². The molecule has 1 rings (SSSR count). The van der Waals surface area contributed by atoms with Gasteiger partial charge in [-0.15, -0.1) is 0 Å². The largest absolute Gasteiger partial charge is 0.507 e. The Hall–Kier alpha value is -1.62. The Morgan fingerprint density at radius 1 is 1.40 bits per heavy atom. The van der Waals surface area contributed by atoms with Crippen molar-refractivity contribution in [3.8, 4) is 5.75 Å². The monoisotopic (exact) mass is 213 g/mol.